The van der Waals surface area contributed by atoms with Gasteiger partial charge in [-0.1, -0.05) is 25.0 Å². The van der Waals surface area contributed by atoms with Crippen LogP contribution in [0.5, 0.6) is 5.75 Å². The maximum absolute atomic E-state index is 10.9. The second-order valence-electron chi connectivity index (χ2n) is 8.82. The average Bonchev–Trinajstić information content (AvgIpc) is 2.74. The number of ether oxygens (including phenoxy) is 1. The number of rotatable bonds is 4. The summed E-state index contributed by atoms with van der Waals surface area (Å²) >= 11 is 0. The molecule has 2 aromatic rings. The average molecular weight is 406 g/mol. The van der Waals surface area contributed by atoms with E-state index in [1.807, 2.05) is 25.1 Å². The first-order valence-corrected chi connectivity index (χ1v) is 10.9. The lowest BCUT2D eigenvalue weighted by molar-refractivity contribution is -0.106. The van der Waals surface area contributed by atoms with E-state index in [-0.39, 0.29) is 5.41 Å². The topological polar surface area (TPSA) is 62.6 Å². The first-order valence-electron chi connectivity index (χ1n) is 10.9. The Balaban J connectivity index is 1.60. The third kappa shape index (κ3) is 3.51. The molecule has 2 aliphatic carbocycles. The van der Waals surface area contributed by atoms with Crippen LogP contribution in [0.25, 0.3) is 0 Å². The van der Waals surface area contributed by atoms with E-state index in [1.54, 1.807) is 13.1 Å². The van der Waals surface area contributed by atoms with Crippen LogP contribution in [0.1, 0.15) is 61.9 Å². The van der Waals surface area contributed by atoms with E-state index >= 15 is 0 Å². The van der Waals surface area contributed by atoms with Gasteiger partial charge in [0.05, 0.1) is 6.10 Å². The minimum atomic E-state index is -1.29. The monoisotopic (exact) mass is 405 g/mol. The number of hydrogen-bond donors (Lipinski definition) is 2. The second kappa shape index (κ2) is 8.06. The highest BCUT2D eigenvalue weighted by molar-refractivity contribution is 5.44. The van der Waals surface area contributed by atoms with Crippen LogP contribution in [-0.4, -0.2) is 26.9 Å². The van der Waals surface area contributed by atoms with Crippen LogP contribution in [-0.2, 0) is 18.4 Å². The van der Waals surface area contributed by atoms with Gasteiger partial charge in [-0.2, -0.15) is 0 Å². The molecular formula is C26H31NO3. The molecule has 0 saturated heterocycles. The molecule has 2 N–H and O–H groups in total. The van der Waals surface area contributed by atoms with Gasteiger partial charge in [-0.3, -0.25) is 4.98 Å². The fourth-order valence-electron chi connectivity index (χ4n) is 5.58. The molecule has 1 saturated carbocycles. The van der Waals surface area contributed by atoms with Gasteiger partial charge in [-0.15, -0.1) is 5.92 Å². The van der Waals surface area contributed by atoms with Crippen molar-refractivity contribution < 1.29 is 14.9 Å². The van der Waals surface area contributed by atoms with Gasteiger partial charge in [-0.05, 0) is 81.2 Å². The van der Waals surface area contributed by atoms with Gasteiger partial charge >= 0.3 is 0 Å². The van der Waals surface area contributed by atoms with Crippen LogP contribution >= 0.6 is 0 Å². The summed E-state index contributed by atoms with van der Waals surface area (Å²) in [4.78, 5) is 4.33. The van der Waals surface area contributed by atoms with Crippen LogP contribution in [0.15, 0.2) is 36.5 Å². The Hall–Kier alpha value is -2.35. The Bertz CT molecular complexity index is 991. The number of pyridine rings is 1. The molecule has 158 valence electrons. The van der Waals surface area contributed by atoms with E-state index in [0.29, 0.717) is 25.4 Å². The molecule has 1 heterocycles. The molecule has 1 aromatic heterocycles. The first-order chi connectivity index (χ1) is 14.4. The number of aliphatic hydroxyl groups excluding tert-OH is 1. The van der Waals surface area contributed by atoms with E-state index in [9.17, 15) is 10.2 Å². The summed E-state index contributed by atoms with van der Waals surface area (Å²) in [6.45, 7) is 6.41. The standard InChI is InChI=1S/C26H31NO3/c1-4-12-26(29)15-21-9-8-19-14-22(30-17-20-7-6-13-27-18(20)3)10-11-23(19)25(21,5-2)16-24(26)28/h6-7,10-11,13-14,21,24,28-29H,5,8-9,15-17H2,1-3H3/t21-,24?,25?,26?/m1/s1. The van der Waals surface area contributed by atoms with Crippen molar-refractivity contribution in [3.8, 4) is 17.6 Å². The zero-order valence-corrected chi connectivity index (χ0v) is 18.1. The predicted molar refractivity (Wildman–Crippen MR) is 117 cm³/mol. The van der Waals surface area contributed by atoms with E-state index in [4.69, 9.17) is 4.74 Å². The lowest BCUT2D eigenvalue weighted by Gasteiger charge is -2.53. The minimum Gasteiger partial charge on any atom is -0.489 e. The molecule has 4 heteroatoms. The van der Waals surface area contributed by atoms with Crippen LogP contribution in [0.2, 0.25) is 0 Å². The Morgan fingerprint density at radius 2 is 2.10 bits per heavy atom. The van der Waals surface area contributed by atoms with Gasteiger partial charge in [0.15, 0.2) is 5.60 Å². The van der Waals surface area contributed by atoms with Crippen molar-refractivity contribution in [3.63, 3.8) is 0 Å². The van der Waals surface area contributed by atoms with Crippen LogP contribution in [0.4, 0.5) is 0 Å². The number of aryl methyl sites for hydroxylation is 2. The highest BCUT2D eigenvalue weighted by Crippen LogP contribution is 2.54. The van der Waals surface area contributed by atoms with Crippen molar-refractivity contribution >= 4 is 0 Å². The molecule has 0 bridgehead atoms. The molecule has 4 rings (SSSR count). The van der Waals surface area contributed by atoms with Crippen molar-refractivity contribution in [2.24, 2.45) is 5.92 Å². The van der Waals surface area contributed by atoms with Crippen molar-refractivity contribution in [2.75, 3.05) is 0 Å². The number of nitrogens with zero attached hydrogens (tertiary/aromatic N) is 1. The molecule has 1 fully saturated rings. The number of aliphatic hydroxyl groups is 2. The molecular weight excluding hydrogens is 374 g/mol. The number of hydrogen-bond acceptors (Lipinski definition) is 4. The van der Waals surface area contributed by atoms with Crippen LogP contribution in [0.3, 0.4) is 0 Å². The third-order valence-electron chi connectivity index (χ3n) is 7.31. The van der Waals surface area contributed by atoms with E-state index in [1.165, 1.54) is 11.1 Å². The van der Waals surface area contributed by atoms with Crippen molar-refractivity contribution in [3.05, 3.63) is 58.9 Å². The lowest BCUT2D eigenvalue weighted by atomic mass is 9.52. The zero-order chi connectivity index (χ0) is 21.4. The van der Waals surface area contributed by atoms with Crippen molar-refractivity contribution in [1.29, 1.82) is 0 Å². The quantitative estimate of drug-likeness (QED) is 0.752. The Kier molecular flexibility index (Phi) is 5.61. The molecule has 4 atom stereocenters. The molecule has 4 nitrogen and oxygen atoms in total. The van der Waals surface area contributed by atoms with Gasteiger partial charge in [-0.25, -0.2) is 0 Å². The van der Waals surface area contributed by atoms with E-state index in [0.717, 1.165) is 36.3 Å². The summed E-state index contributed by atoms with van der Waals surface area (Å²) in [6.07, 6.45) is 4.92. The summed E-state index contributed by atoms with van der Waals surface area (Å²) in [5.41, 5.74) is 3.27. The summed E-state index contributed by atoms with van der Waals surface area (Å²) < 4.78 is 6.08. The summed E-state index contributed by atoms with van der Waals surface area (Å²) in [6, 6.07) is 10.4. The highest BCUT2D eigenvalue weighted by Gasteiger charge is 2.54. The molecule has 0 amide bonds. The number of benzene rings is 1. The molecule has 0 spiro atoms. The van der Waals surface area contributed by atoms with Gasteiger partial charge in [0.2, 0.25) is 0 Å². The Labute approximate surface area is 179 Å². The van der Waals surface area contributed by atoms with Gasteiger partial charge < -0.3 is 14.9 Å². The Morgan fingerprint density at radius 1 is 1.27 bits per heavy atom. The maximum Gasteiger partial charge on any atom is 0.151 e. The van der Waals surface area contributed by atoms with E-state index < -0.39 is 11.7 Å². The molecule has 0 radical (unpaired) electrons. The number of aromatic nitrogens is 1. The second-order valence-corrected chi connectivity index (χ2v) is 8.82. The lowest BCUT2D eigenvalue weighted by Crippen LogP contribution is -2.57. The molecule has 0 aliphatic heterocycles. The van der Waals surface area contributed by atoms with Crippen molar-refractivity contribution in [2.45, 2.75) is 76.6 Å². The fraction of sp³-hybridized carbons (Fsp3) is 0.500. The highest BCUT2D eigenvalue weighted by atomic mass is 16.5. The zero-order valence-electron chi connectivity index (χ0n) is 18.1. The van der Waals surface area contributed by atoms with Crippen LogP contribution in [0, 0.1) is 24.7 Å². The molecule has 1 aromatic carbocycles. The predicted octanol–water partition coefficient (Wildman–Crippen LogP) is 4.09. The summed E-state index contributed by atoms with van der Waals surface area (Å²) in [5, 5.41) is 21.8. The minimum absolute atomic E-state index is 0.118. The number of fused-ring (bicyclic) bond motifs is 3. The molecule has 2 aliphatic rings. The first kappa shape index (κ1) is 20.9. The van der Waals surface area contributed by atoms with Gasteiger partial charge in [0, 0.05) is 22.9 Å². The van der Waals surface area contributed by atoms with Gasteiger partial charge in [0.1, 0.15) is 12.4 Å². The smallest absolute Gasteiger partial charge is 0.151 e. The Morgan fingerprint density at radius 3 is 2.83 bits per heavy atom. The van der Waals surface area contributed by atoms with E-state index in [2.05, 4.69) is 35.9 Å². The molecule has 3 unspecified atom stereocenters. The summed E-state index contributed by atoms with van der Waals surface area (Å²) in [7, 11) is 0. The molecule has 30 heavy (non-hydrogen) atoms. The SMILES string of the molecule is CC#CC1(O)C[C@H]2CCc3cc(OCc4cccnc4C)ccc3C2(CC)CC1O. The van der Waals surface area contributed by atoms with Gasteiger partial charge in [0.25, 0.3) is 0 Å². The summed E-state index contributed by atoms with van der Waals surface area (Å²) in [5.74, 6) is 6.88. The normalized spacial score (nSPS) is 29.9. The maximum atomic E-state index is 10.9. The largest absolute Gasteiger partial charge is 0.489 e. The van der Waals surface area contributed by atoms with Crippen molar-refractivity contribution in [1.82, 2.24) is 4.98 Å². The van der Waals surface area contributed by atoms with Crippen LogP contribution < -0.4 is 4.74 Å². The fourth-order valence-corrected chi connectivity index (χ4v) is 5.58. The third-order valence-corrected chi connectivity index (χ3v) is 7.31.